The maximum absolute atomic E-state index is 2.60. The number of hydrogen-bond donors (Lipinski definition) is 0. The van der Waals surface area contributed by atoms with Crippen LogP contribution >= 0.6 is 0 Å². The number of anilines is 3. The molecule has 0 fully saturated rings. The first-order valence-electron chi connectivity index (χ1n) is 24.1. The lowest BCUT2D eigenvalue weighted by Gasteiger charge is -2.34. The molecule has 326 valence electrons. The Morgan fingerprint density at radius 1 is 0.470 bits per heavy atom. The second-order valence-electron chi connectivity index (χ2n) is 21.8. The van der Waals surface area contributed by atoms with E-state index in [0.717, 1.165) is 24.2 Å². The highest BCUT2D eigenvalue weighted by Crippen LogP contribution is 2.58. The summed E-state index contributed by atoms with van der Waals surface area (Å²) in [6.07, 6.45) is 9.08. The van der Waals surface area contributed by atoms with Crippen molar-refractivity contribution in [2.75, 3.05) is 4.90 Å². The van der Waals surface area contributed by atoms with E-state index >= 15 is 0 Å². The predicted molar refractivity (Wildman–Crippen MR) is 283 cm³/mol. The Morgan fingerprint density at radius 3 is 1.74 bits per heavy atom. The van der Waals surface area contributed by atoms with E-state index in [1.54, 1.807) is 0 Å². The summed E-state index contributed by atoms with van der Waals surface area (Å²) in [5, 5.41) is 2.51. The molecule has 0 radical (unpaired) electrons. The summed E-state index contributed by atoms with van der Waals surface area (Å²) in [5.41, 5.74) is 23.1. The first-order chi connectivity index (χ1) is 31.7. The first-order valence-corrected chi connectivity index (χ1v) is 24.1. The molecule has 3 aliphatic rings. The zero-order valence-corrected chi connectivity index (χ0v) is 40.2. The fraction of sp³-hybridized carbons (Fsp3) is 0.231. The molecule has 1 nitrogen and oxygen atoms in total. The molecule has 1 atom stereocenters. The fourth-order valence-corrected chi connectivity index (χ4v) is 11.7. The van der Waals surface area contributed by atoms with E-state index in [1.165, 1.54) is 99.9 Å². The number of rotatable bonds is 6. The molecular weight excluding hydrogens is 795 g/mol. The number of nitrogens with zero attached hydrogens (tertiary/aromatic N) is 1. The van der Waals surface area contributed by atoms with Gasteiger partial charge in [-0.3, -0.25) is 0 Å². The Hall–Kier alpha value is -6.70. The van der Waals surface area contributed by atoms with Gasteiger partial charge in [-0.1, -0.05) is 219 Å². The zero-order valence-electron chi connectivity index (χ0n) is 40.2. The molecule has 0 aromatic heterocycles. The van der Waals surface area contributed by atoms with Gasteiger partial charge in [-0.15, -0.1) is 0 Å². The largest absolute Gasteiger partial charge is 0.309 e. The van der Waals surface area contributed by atoms with Gasteiger partial charge in [0.25, 0.3) is 0 Å². The van der Waals surface area contributed by atoms with Crippen LogP contribution in [0.15, 0.2) is 188 Å². The molecule has 0 N–H and O–H groups in total. The molecule has 0 saturated carbocycles. The third-order valence-electron chi connectivity index (χ3n) is 15.4. The average Bonchev–Trinajstić information content (AvgIpc) is 3.72. The molecule has 66 heavy (non-hydrogen) atoms. The van der Waals surface area contributed by atoms with Crippen molar-refractivity contribution in [3.05, 3.63) is 221 Å². The Kier molecular flexibility index (Phi) is 9.65. The summed E-state index contributed by atoms with van der Waals surface area (Å²) < 4.78 is 0. The predicted octanol–water partition coefficient (Wildman–Crippen LogP) is 18.1. The number of benzene rings is 8. The van der Waals surface area contributed by atoms with Gasteiger partial charge in [0, 0.05) is 27.6 Å². The number of hydrogen-bond acceptors (Lipinski definition) is 1. The molecule has 0 saturated heterocycles. The van der Waals surface area contributed by atoms with Crippen LogP contribution in [0, 0.1) is 0 Å². The molecule has 8 aromatic rings. The zero-order chi connectivity index (χ0) is 45.8. The van der Waals surface area contributed by atoms with Gasteiger partial charge in [0.1, 0.15) is 0 Å². The normalized spacial score (nSPS) is 17.0. The highest BCUT2D eigenvalue weighted by atomic mass is 15.1. The number of para-hydroxylation sites is 1. The molecule has 8 aromatic carbocycles. The molecule has 0 bridgehead atoms. The molecule has 0 amide bonds. The smallest absolute Gasteiger partial charge is 0.0543 e. The summed E-state index contributed by atoms with van der Waals surface area (Å²) in [6, 6.07) is 62.8. The van der Waals surface area contributed by atoms with Gasteiger partial charge in [0.2, 0.25) is 0 Å². The summed E-state index contributed by atoms with van der Waals surface area (Å²) in [6.45, 7) is 21.3. The van der Waals surface area contributed by atoms with Crippen LogP contribution in [0.5, 0.6) is 0 Å². The number of allylic oxidation sites excluding steroid dienone is 4. The Labute approximate surface area is 393 Å². The summed E-state index contributed by atoms with van der Waals surface area (Å²) in [7, 11) is 0. The highest BCUT2D eigenvalue weighted by molar-refractivity contribution is 6.09. The Balaban J connectivity index is 1.20. The topological polar surface area (TPSA) is 3.24 Å². The quantitative estimate of drug-likeness (QED) is 0.161. The summed E-state index contributed by atoms with van der Waals surface area (Å²) >= 11 is 0. The van der Waals surface area contributed by atoms with E-state index < -0.39 is 0 Å². The molecule has 11 rings (SSSR count). The van der Waals surface area contributed by atoms with Crippen LogP contribution in [0.2, 0.25) is 0 Å². The van der Waals surface area contributed by atoms with E-state index in [1.807, 2.05) is 0 Å². The van der Waals surface area contributed by atoms with Gasteiger partial charge in [0.15, 0.2) is 0 Å². The monoisotopic (exact) mass is 855 g/mol. The number of fused-ring (bicyclic) bond motifs is 7. The standard InChI is InChI=1S/C65H61N/c1-62(2,3)45-38-43(39-46(40-45)63(4,5)6)48-29-19-22-42-23-20-30-52(60(42)48)51-27-15-18-34-58(51)66(59-35-21-33-56-61(59)53-28-14-16-31-54(53)64(56,7)8)47-36-37-50-49-26-13-17-32-55(49)65(9,57(50)41-47)44-24-11-10-12-25-44/h10-11,13-24,26-41H,12,25H2,1-9H3. The molecule has 0 aliphatic heterocycles. The van der Waals surface area contributed by atoms with Gasteiger partial charge in [-0.2, -0.15) is 0 Å². The van der Waals surface area contributed by atoms with E-state index in [2.05, 4.69) is 249 Å². The maximum Gasteiger partial charge on any atom is 0.0543 e. The summed E-state index contributed by atoms with van der Waals surface area (Å²) in [5.74, 6) is 0. The minimum Gasteiger partial charge on any atom is -0.309 e. The van der Waals surface area contributed by atoms with Gasteiger partial charge in [-0.25, -0.2) is 0 Å². The van der Waals surface area contributed by atoms with Gasteiger partial charge in [0.05, 0.1) is 11.4 Å². The molecule has 0 heterocycles. The SMILES string of the molecule is CC(C)(C)c1cc(-c2cccc3cccc(-c4ccccc4N(c4ccc5c(c4)C(C)(C4=CC=CCC4)c4ccccc4-5)c4cccc5c4-c4ccccc4C5(C)C)c23)cc(C(C)(C)C)c1. The van der Waals surface area contributed by atoms with Crippen LogP contribution in [0.4, 0.5) is 17.1 Å². The van der Waals surface area contributed by atoms with Crippen molar-refractivity contribution in [3.8, 4) is 44.5 Å². The van der Waals surface area contributed by atoms with Crippen LogP contribution in [-0.4, -0.2) is 0 Å². The molecular formula is C65H61N. The van der Waals surface area contributed by atoms with Crippen LogP contribution < -0.4 is 4.90 Å². The minimum absolute atomic E-state index is 0.00280. The Bertz CT molecular complexity index is 3280. The maximum atomic E-state index is 2.60. The van der Waals surface area contributed by atoms with E-state index in [0.29, 0.717) is 0 Å². The van der Waals surface area contributed by atoms with Crippen LogP contribution in [0.3, 0.4) is 0 Å². The van der Waals surface area contributed by atoms with Gasteiger partial charge in [-0.05, 0) is 132 Å². The summed E-state index contributed by atoms with van der Waals surface area (Å²) in [4.78, 5) is 2.60. The third kappa shape index (κ3) is 6.49. The van der Waals surface area contributed by atoms with Gasteiger partial charge < -0.3 is 4.90 Å². The van der Waals surface area contributed by atoms with E-state index in [-0.39, 0.29) is 21.7 Å². The van der Waals surface area contributed by atoms with Gasteiger partial charge >= 0.3 is 0 Å². The average molecular weight is 856 g/mol. The van der Waals surface area contributed by atoms with Crippen LogP contribution in [-0.2, 0) is 21.7 Å². The molecule has 1 heteroatoms. The Morgan fingerprint density at radius 2 is 1.05 bits per heavy atom. The molecule has 0 spiro atoms. The van der Waals surface area contributed by atoms with Crippen molar-refractivity contribution < 1.29 is 0 Å². The highest BCUT2D eigenvalue weighted by Gasteiger charge is 2.43. The van der Waals surface area contributed by atoms with Crippen molar-refractivity contribution in [1.82, 2.24) is 0 Å². The van der Waals surface area contributed by atoms with Crippen molar-refractivity contribution in [1.29, 1.82) is 0 Å². The van der Waals surface area contributed by atoms with E-state index in [9.17, 15) is 0 Å². The molecule has 3 aliphatic carbocycles. The van der Waals surface area contributed by atoms with Crippen molar-refractivity contribution in [3.63, 3.8) is 0 Å². The van der Waals surface area contributed by atoms with Crippen LogP contribution in [0.1, 0.15) is 109 Å². The lowest BCUT2D eigenvalue weighted by Crippen LogP contribution is -2.25. The minimum atomic E-state index is -0.261. The lowest BCUT2D eigenvalue weighted by atomic mass is 9.71. The fourth-order valence-electron chi connectivity index (χ4n) is 11.7. The van der Waals surface area contributed by atoms with Crippen molar-refractivity contribution >= 4 is 27.8 Å². The second-order valence-corrected chi connectivity index (χ2v) is 21.8. The second kappa shape index (κ2) is 15.2. The third-order valence-corrected chi connectivity index (χ3v) is 15.4. The lowest BCUT2D eigenvalue weighted by molar-refractivity contribution is 0.569. The van der Waals surface area contributed by atoms with Crippen molar-refractivity contribution in [2.45, 2.75) is 96.8 Å². The first kappa shape index (κ1) is 42.0. The van der Waals surface area contributed by atoms with Crippen LogP contribution in [0.25, 0.3) is 55.3 Å². The van der Waals surface area contributed by atoms with Crippen molar-refractivity contribution in [2.24, 2.45) is 0 Å². The molecule has 1 unspecified atom stereocenters. The van der Waals surface area contributed by atoms with E-state index in [4.69, 9.17) is 0 Å².